The fraction of sp³-hybridized carbons (Fsp3) is 0.118. The molecule has 7 heteroatoms. The molecule has 3 aromatic rings. The highest BCUT2D eigenvalue weighted by Crippen LogP contribution is 2.38. The number of aryl methyl sites for hydroxylation is 1. The molecule has 0 aliphatic carbocycles. The van der Waals surface area contributed by atoms with E-state index in [0.29, 0.717) is 18.0 Å². The average Bonchev–Trinajstić information content (AvgIpc) is 2.94. The highest BCUT2D eigenvalue weighted by Gasteiger charge is 2.28. The fourth-order valence-electron chi connectivity index (χ4n) is 2.82. The lowest BCUT2D eigenvalue weighted by molar-refractivity contribution is 0.101. The minimum atomic E-state index is -0.343. The summed E-state index contributed by atoms with van der Waals surface area (Å²) in [5.41, 5.74) is 3.34. The number of pyridine rings is 1. The van der Waals surface area contributed by atoms with Crippen molar-refractivity contribution in [1.82, 2.24) is 14.8 Å². The van der Waals surface area contributed by atoms with Crippen LogP contribution in [0.1, 0.15) is 16.1 Å². The normalized spacial score (nSPS) is 12.1. The number of para-hydroxylation sites is 1. The molecule has 24 heavy (non-hydrogen) atoms. The second-order valence-corrected chi connectivity index (χ2v) is 5.74. The van der Waals surface area contributed by atoms with Crippen molar-refractivity contribution >= 4 is 23.2 Å². The zero-order valence-corrected chi connectivity index (χ0v) is 13.5. The van der Waals surface area contributed by atoms with Crippen LogP contribution in [0.15, 0.2) is 42.6 Å². The molecule has 1 aliphatic rings. The first-order valence-corrected chi connectivity index (χ1v) is 7.73. The van der Waals surface area contributed by atoms with Gasteiger partial charge in [-0.15, -0.1) is 0 Å². The van der Waals surface area contributed by atoms with Crippen LogP contribution in [-0.4, -0.2) is 20.7 Å². The van der Waals surface area contributed by atoms with Gasteiger partial charge in [0.1, 0.15) is 12.4 Å². The largest absolute Gasteiger partial charge is 0.488 e. The van der Waals surface area contributed by atoms with Crippen molar-refractivity contribution in [2.75, 3.05) is 5.32 Å². The first-order valence-electron chi connectivity index (χ1n) is 7.35. The summed E-state index contributed by atoms with van der Waals surface area (Å²) in [6.07, 6.45) is 1.56. The summed E-state index contributed by atoms with van der Waals surface area (Å²) in [5, 5.41) is 7.36. The van der Waals surface area contributed by atoms with E-state index in [1.165, 1.54) is 0 Å². The number of carbonyl (C=O) groups excluding carboxylic acids is 1. The molecule has 3 heterocycles. The van der Waals surface area contributed by atoms with Gasteiger partial charge in [0.15, 0.2) is 10.8 Å². The number of amides is 1. The second-order valence-electron chi connectivity index (χ2n) is 5.38. The van der Waals surface area contributed by atoms with E-state index < -0.39 is 0 Å². The standard InChI is InChI=1S/C17H13ClN4O2/c1-22-15-10-5-2-3-7-13(10)24-9-11(15)14(21-22)17(23)20-12-6-4-8-19-16(12)18/h2-8H,9H2,1H3,(H,20,23). The Kier molecular flexibility index (Phi) is 3.46. The molecule has 1 N–H and O–H groups in total. The summed E-state index contributed by atoms with van der Waals surface area (Å²) in [7, 11) is 1.81. The maximum Gasteiger partial charge on any atom is 0.276 e. The smallest absolute Gasteiger partial charge is 0.276 e. The number of benzene rings is 1. The lowest BCUT2D eigenvalue weighted by Gasteiger charge is -2.18. The molecule has 120 valence electrons. The number of hydrogen-bond acceptors (Lipinski definition) is 4. The van der Waals surface area contributed by atoms with Crippen LogP contribution in [0.2, 0.25) is 5.15 Å². The van der Waals surface area contributed by atoms with Gasteiger partial charge in [-0.2, -0.15) is 5.10 Å². The molecule has 1 aliphatic heterocycles. The van der Waals surface area contributed by atoms with Gasteiger partial charge in [-0.1, -0.05) is 23.7 Å². The molecular weight excluding hydrogens is 328 g/mol. The Hall–Kier alpha value is -2.86. The monoisotopic (exact) mass is 340 g/mol. The SMILES string of the molecule is Cn1nc(C(=O)Nc2cccnc2Cl)c2c1-c1ccccc1OC2. The van der Waals surface area contributed by atoms with E-state index in [-0.39, 0.29) is 11.1 Å². The second kappa shape index (κ2) is 5.65. The fourth-order valence-corrected chi connectivity index (χ4v) is 2.99. The molecule has 0 radical (unpaired) electrons. The maximum atomic E-state index is 12.6. The van der Waals surface area contributed by atoms with E-state index >= 15 is 0 Å². The van der Waals surface area contributed by atoms with E-state index in [0.717, 1.165) is 22.6 Å². The van der Waals surface area contributed by atoms with Gasteiger partial charge in [-0.3, -0.25) is 9.48 Å². The van der Waals surface area contributed by atoms with Crippen LogP contribution in [0.25, 0.3) is 11.3 Å². The van der Waals surface area contributed by atoms with Gasteiger partial charge in [-0.05, 0) is 24.3 Å². The number of carbonyl (C=O) groups is 1. The summed E-state index contributed by atoms with van der Waals surface area (Å²) in [6, 6.07) is 11.1. The van der Waals surface area contributed by atoms with Gasteiger partial charge in [0, 0.05) is 24.4 Å². The quantitative estimate of drug-likeness (QED) is 0.727. The molecule has 0 saturated carbocycles. The Morgan fingerprint density at radius 3 is 2.96 bits per heavy atom. The summed E-state index contributed by atoms with van der Waals surface area (Å²) >= 11 is 6.00. The molecule has 4 rings (SSSR count). The van der Waals surface area contributed by atoms with Crippen molar-refractivity contribution in [1.29, 1.82) is 0 Å². The predicted octanol–water partition coefficient (Wildman–Crippen LogP) is 3.28. The third-order valence-corrected chi connectivity index (χ3v) is 4.18. The number of fused-ring (bicyclic) bond motifs is 3. The number of anilines is 1. The number of halogens is 1. The van der Waals surface area contributed by atoms with Gasteiger partial charge in [-0.25, -0.2) is 4.98 Å². The van der Waals surface area contributed by atoms with Gasteiger partial charge in [0.25, 0.3) is 5.91 Å². The molecule has 1 amide bonds. The molecule has 2 aromatic heterocycles. The Bertz CT molecular complexity index is 952. The van der Waals surface area contributed by atoms with Crippen LogP contribution >= 0.6 is 11.6 Å². The Morgan fingerprint density at radius 2 is 2.12 bits per heavy atom. The van der Waals surface area contributed by atoms with E-state index in [2.05, 4.69) is 15.4 Å². The van der Waals surface area contributed by atoms with Gasteiger partial charge >= 0.3 is 0 Å². The highest BCUT2D eigenvalue weighted by molar-refractivity contribution is 6.32. The minimum absolute atomic E-state index is 0.234. The van der Waals surface area contributed by atoms with Crippen LogP contribution in [0.5, 0.6) is 5.75 Å². The van der Waals surface area contributed by atoms with E-state index in [4.69, 9.17) is 16.3 Å². The van der Waals surface area contributed by atoms with E-state index in [1.54, 1.807) is 23.0 Å². The van der Waals surface area contributed by atoms with Crippen LogP contribution < -0.4 is 10.1 Å². The predicted molar refractivity (Wildman–Crippen MR) is 90.2 cm³/mol. The molecule has 0 spiro atoms. The zero-order valence-electron chi connectivity index (χ0n) is 12.8. The first-order chi connectivity index (χ1) is 11.6. The van der Waals surface area contributed by atoms with Crippen molar-refractivity contribution in [2.24, 2.45) is 7.05 Å². The third kappa shape index (κ3) is 2.32. The van der Waals surface area contributed by atoms with E-state index in [1.807, 2.05) is 31.3 Å². The number of ether oxygens (including phenoxy) is 1. The van der Waals surface area contributed by atoms with Gasteiger partial charge in [0.05, 0.1) is 11.4 Å². The highest BCUT2D eigenvalue weighted by atomic mass is 35.5. The van der Waals surface area contributed by atoms with Crippen molar-refractivity contribution < 1.29 is 9.53 Å². The first kappa shape index (κ1) is 14.7. The molecular formula is C17H13ClN4O2. The van der Waals surface area contributed by atoms with Crippen LogP contribution in [-0.2, 0) is 13.7 Å². The molecule has 0 bridgehead atoms. The number of aromatic nitrogens is 3. The lowest BCUT2D eigenvalue weighted by Crippen LogP contribution is -2.16. The number of hydrogen-bond donors (Lipinski definition) is 1. The molecule has 6 nitrogen and oxygen atoms in total. The number of nitrogens with zero attached hydrogens (tertiary/aromatic N) is 3. The van der Waals surface area contributed by atoms with E-state index in [9.17, 15) is 4.79 Å². The Labute approximate surface area is 143 Å². The molecule has 1 aromatic carbocycles. The van der Waals surface area contributed by atoms with Gasteiger partial charge < -0.3 is 10.1 Å². The van der Waals surface area contributed by atoms with Gasteiger partial charge in [0.2, 0.25) is 0 Å². The summed E-state index contributed by atoms with van der Waals surface area (Å²) in [6.45, 7) is 0.295. The van der Waals surface area contributed by atoms with Crippen LogP contribution in [0, 0.1) is 0 Å². The molecule has 0 atom stereocenters. The summed E-state index contributed by atoms with van der Waals surface area (Å²) in [4.78, 5) is 16.6. The average molecular weight is 341 g/mol. The Balaban J connectivity index is 1.74. The molecule has 0 fully saturated rings. The van der Waals surface area contributed by atoms with Crippen molar-refractivity contribution in [2.45, 2.75) is 6.61 Å². The summed E-state index contributed by atoms with van der Waals surface area (Å²) in [5.74, 6) is 0.444. The molecule has 0 unspecified atom stereocenters. The summed E-state index contributed by atoms with van der Waals surface area (Å²) < 4.78 is 7.46. The van der Waals surface area contributed by atoms with Crippen molar-refractivity contribution in [3.05, 3.63) is 59.0 Å². The number of nitrogens with one attached hydrogen (secondary N) is 1. The zero-order chi connectivity index (χ0) is 16.7. The van der Waals surface area contributed by atoms with Crippen LogP contribution in [0.3, 0.4) is 0 Å². The minimum Gasteiger partial charge on any atom is -0.488 e. The maximum absolute atomic E-state index is 12.6. The molecule has 0 saturated heterocycles. The third-order valence-electron chi connectivity index (χ3n) is 3.88. The Morgan fingerprint density at radius 1 is 1.29 bits per heavy atom. The van der Waals surface area contributed by atoms with Crippen LogP contribution in [0.4, 0.5) is 5.69 Å². The van der Waals surface area contributed by atoms with Crippen molar-refractivity contribution in [3.8, 4) is 17.0 Å². The lowest BCUT2D eigenvalue weighted by atomic mass is 10.0. The number of rotatable bonds is 2. The van der Waals surface area contributed by atoms with Crippen molar-refractivity contribution in [3.63, 3.8) is 0 Å². The topological polar surface area (TPSA) is 69.0 Å².